The van der Waals surface area contributed by atoms with Gasteiger partial charge in [-0.1, -0.05) is 72.8 Å². The summed E-state index contributed by atoms with van der Waals surface area (Å²) in [5.74, 6) is 1.28. The minimum atomic E-state index is -0.390. The molecule has 0 N–H and O–H groups in total. The lowest BCUT2D eigenvalue weighted by atomic mass is 9.79. The summed E-state index contributed by atoms with van der Waals surface area (Å²) in [6, 6.07) is 26.6. The van der Waals surface area contributed by atoms with Crippen molar-refractivity contribution in [3.05, 3.63) is 85.2 Å². The van der Waals surface area contributed by atoms with Gasteiger partial charge in [-0.2, -0.15) is 0 Å². The van der Waals surface area contributed by atoms with Gasteiger partial charge >= 0.3 is 7.12 Å². The third kappa shape index (κ3) is 4.20. The van der Waals surface area contributed by atoms with Crippen molar-refractivity contribution in [3.8, 4) is 33.9 Å². The van der Waals surface area contributed by atoms with E-state index in [0.717, 1.165) is 27.7 Å². The summed E-state index contributed by atoms with van der Waals surface area (Å²) in [5.41, 5.74) is 4.39. The molecule has 33 heavy (non-hydrogen) atoms. The molecular weight excluding hydrogens is 409 g/mol. The van der Waals surface area contributed by atoms with Gasteiger partial charge in [0.2, 0.25) is 0 Å². The number of rotatable bonds is 4. The molecule has 0 spiro atoms. The Kier molecular flexibility index (Phi) is 5.35. The van der Waals surface area contributed by atoms with Crippen molar-refractivity contribution in [1.29, 1.82) is 0 Å². The maximum Gasteiger partial charge on any atom is 0.494 e. The molecule has 0 atom stereocenters. The van der Waals surface area contributed by atoms with Crippen LogP contribution >= 0.6 is 0 Å². The molecule has 1 fully saturated rings. The molecule has 1 aliphatic heterocycles. The predicted molar refractivity (Wildman–Crippen MR) is 132 cm³/mol. The maximum atomic E-state index is 6.16. The van der Waals surface area contributed by atoms with Gasteiger partial charge < -0.3 is 9.31 Å². The van der Waals surface area contributed by atoms with Crippen molar-refractivity contribution < 1.29 is 9.31 Å². The standard InChI is InChI=1S/C27H26BN3O2/c1-26(2)27(3,4)33-28(32-26)23-15-13-20(14-16-23)24-29-18-30-25(31-24)22-12-8-11-21(17-22)19-9-6-5-7-10-19/h5-18H,1-4H3. The smallest absolute Gasteiger partial charge is 0.399 e. The number of benzene rings is 3. The number of aromatic nitrogens is 3. The highest BCUT2D eigenvalue weighted by Gasteiger charge is 2.51. The molecule has 2 heterocycles. The van der Waals surface area contributed by atoms with Gasteiger partial charge in [0, 0.05) is 11.1 Å². The molecule has 3 aromatic carbocycles. The van der Waals surface area contributed by atoms with Gasteiger partial charge in [0.15, 0.2) is 11.6 Å². The Morgan fingerprint density at radius 2 is 1.18 bits per heavy atom. The monoisotopic (exact) mass is 435 g/mol. The highest BCUT2D eigenvalue weighted by Crippen LogP contribution is 2.36. The highest BCUT2D eigenvalue weighted by molar-refractivity contribution is 6.62. The fraction of sp³-hybridized carbons (Fsp3) is 0.222. The maximum absolute atomic E-state index is 6.16. The summed E-state index contributed by atoms with van der Waals surface area (Å²) in [5, 5.41) is 0. The van der Waals surface area contributed by atoms with Gasteiger partial charge in [-0.15, -0.1) is 0 Å². The number of hydrogen-bond acceptors (Lipinski definition) is 5. The van der Waals surface area contributed by atoms with Gasteiger partial charge in [0.05, 0.1) is 11.2 Å². The quantitative estimate of drug-likeness (QED) is 0.414. The Morgan fingerprint density at radius 3 is 1.85 bits per heavy atom. The molecular formula is C27H26BN3O2. The average molecular weight is 435 g/mol. The number of hydrogen-bond donors (Lipinski definition) is 0. The highest BCUT2D eigenvalue weighted by atomic mass is 16.7. The SMILES string of the molecule is CC1(C)OB(c2ccc(-c3ncnc(-c4cccc(-c5ccccc5)c4)n3)cc2)OC1(C)C. The summed E-state index contributed by atoms with van der Waals surface area (Å²) in [6.07, 6.45) is 1.56. The zero-order chi connectivity index (χ0) is 23.1. The molecule has 5 rings (SSSR count). The molecule has 1 aromatic heterocycles. The molecule has 0 radical (unpaired) electrons. The van der Waals surface area contributed by atoms with Crippen LogP contribution in [0.15, 0.2) is 85.2 Å². The molecule has 1 saturated heterocycles. The first kappa shape index (κ1) is 21.5. The Labute approximate surface area is 195 Å². The molecule has 0 saturated carbocycles. The van der Waals surface area contributed by atoms with Gasteiger partial charge in [-0.05, 0) is 50.4 Å². The third-order valence-corrected chi connectivity index (χ3v) is 6.49. The van der Waals surface area contributed by atoms with Crippen molar-refractivity contribution in [2.75, 3.05) is 0 Å². The largest absolute Gasteiger partial charge is 0.494 e. The predicted octanol–water partition coefficient (Wildman–Crippen LogP) is 5.17. The summed E-state index contributed by atoms with van der Waals surface area (Å²) in [6.45, 7) is 8.22. The summed E-state index contributed by atoms with van der Waals surface area (Å²) >= 11 is 0. The minimum Gasteiger partial charge on any atom is -0.399 e. The zero-order valence-electron chi connectivity index (χ0n) is 19.3. The zero-order valence-corrected chi connectivity index (χ0v) is 19.3. The topological polar surface area (TPSA) is 57.1 Å². The molecule has 0 aliphatic carbocycles. The Morgan fingerprint density at radius 1 is 0.606 bits per heavy atom. The van der Waals surface area contributed by atoms with E-state index in [4.69, 9.17) is 14.3 Å². The normalized spacial score (nSPS) is 16.7. The first-order valence-electron chi connectivity index (χ1n) is 11.1. The van der Waals surface area contributed by atoms with E-state index in [9.17, 15) is 0 Å². The van der Waals surface area contributed by atoms with E-state index < -0.39 is 7.12 Å². The first-order chi connectivity index (χ1) is 15.8. The van der Waals surface area contributed by atoms with E-state index >= 15 is 0 Å². The molecule has 0 bridgehead atoms. The fourth-order valence-electron chi connectivity index (χ4n) is 3.81. The third-order valence-electron chi connectivity index (χ3n) is 6.49. The van der Waals surface area contributed by atoms with Gasteiger partial charge in [-0.3, -0.25) is 0 Å². The molecule has 5 nitrogen and oxygen atoms in total. The molecule has 6 heteroatoms. The van der Waals surface area contributed by atoms with Crippen LogP contribution in [0, 0.1) is 0 Å². The van der Waals surface area contributed by atoms with E-state index in [1.54, 1.807) is 6.33 Å². The van der Waals surface area contributed by atoms with Crippen molar-refractivity contribution in [3.63, 3.8) is 0 Å². The second-order valence-electron chi connectivity index (χ2n) is 9.29. The molecule has 0 amide bonds. The van der Waals surface area contributed by atoms with Crippen LogP contribution in [0.5, 0.6) is 0 Å². The van der Waals surface area contributed by atoms with E-state index in [1.165, 1.54) is 0 Å². The van der Waals surface area contributed by atoms with Crippen LogP contribution in [0.3, 0.4) is 0 Å². The Balaban J connectivity index is 1.40. The van der Waals surface area contributed by atoms with E-state index in [-0.39, 0.29) is 11.2 Å². The fourth-order valence-corrected chi connectivity index (χ4v) is 3.81. The minimum absolute atomic E-state index is 0.367. The lowest BCUT2D eigenvalue weighted by molar-refractivity contribution is 0.00578. The van der Waals surface area contributed by atoms with E-state index in [2.05, 4.69) is 61.9 Å². The number of nitrogens with zero attached hydrogens (tertiary/aromatic N) is 3. The average Bonchev–Trinajstić information content (AvgIpc) is 3.06. The van der Waals surface area contributed by atoms with Crippen LogP contribution in [0.1, 0.15) is 27.7 Å². The molecule has 1 aliphatic rings. The second kappa shape index (κ2) is 8.21. The summed E-state index contributed by atoms with van der Waals surface area (Å²) in [7, 11) is -0.390. The molecule has 164 valence electrons. The van der Waals surface area contributed by atoms with Crippen LogP contribution < -0.4 is 5.46 Å². The Hall–Kier alpha value is -3.35. The Bertz CT molecular complexity index is 1260. The van der Waals surface area contributed by atoms with Crippen LogP contribution in [0.4, 0.5) is 0 Å². The van der Waals surface area contributed by atoms with Crippen molar-refractivity contribution in [2.24, 2.45) is 0 Å². The van der Waals surface area contributed by atoms with Crippen LogP contribution in [0.25, 0.3) is 33.9 Å². The van der Waals surface area contributed by atoms with Crippen molar-refractivity contribution in [2.45, 2.75) is 38.9 Å². The molecule has 0 unspecified atom stereocenters. The summed E-state index contributed by atoms with van der Waals surface area (Å²) in [4.78, 5) is 13.6. The second-order valence-corrected chi connectivity index (χ2v) is 9.29. The molecule has 4 aromatic rings. The lowest BCUT2D eigenvalue weighted by Crippen LogP contribution is -2.41. The van der Waals surface area contributed by atoms with E-state index in [1.807, 2.05) is 54.6 Å². The van der Waals surface area contributed by atoms with Crippen LogP contribution in [-0.2, 0) is 9.31 Å². The first-order valence-corrected chi connectivity index (χ1v) is 11.1. The van der Waals surface area contributed by atoms with Crippen LogP contribution in [-0.4, -0.2) is 33.3 Å². The van der Waals surface area contributed by atoms with E-state index in [0.29, 0.717) is 11.6 Å². The van der Waals surface area contributed by atoms with Crippen molar-refractivity contribution in [1.82, 2.24) is 15.0 Å². The van der Waals surface area contributed by atoms with Crippen LogP contribution in [0.2, 0.25) is 0 Å². The van der Waals surface area contributed by atoms with Gasteiger partial charge in [0.1, 0.15) is 6.33 Å². The van der Waals surface area contributed by atoms with Gasteiger partial charge in [-0.25, -0.2) is 15.0 Å². The lowest BCUT2D eigenvalue weighted by Gasteiger charge is -2.32. The summed E-state index contributed by atoms with van der Waals surface area (Å²) < 4.78 is 12.3. The van der Waals surface area contributed by atoms with Gasteiger partial charge in [0.25, 0.3) is 0 Å². The van der Waals surface area contributed by atoms with Crippen molar-refractivity contribution >= 4 is 12.6 Å².